The second-order valence-corrected chi connectivity index (χ2v) is 7.19. The van der Waals surface area contributed by atoms with E-state index in [0.29, 0.717) is 18.1 Å². The maximum absolute atomic E-state index is 6.20. The fraction of sp³-hybridized carbons (Fsp3) is 1.00. The van der Waals surface area contributed by atoms with E-state index in [4.69, 9.17) is 10.5 Å². The third-order valence-electron chi connectivity index (χ3n) is 5.57. The van der Waals surface area contributed by atoms with Crippen LogP contribution in [0.5, 0.6) is 0 Å². The highest BCUT2D eigenvalue weighted by molar-refractivity contribution is 4.97. The lowest BCUT2D eigenvalue weighted by Gasteiger charge is -2.48. The Morgan fingerprint density at radius 1 is 1.45 bits per heavy atom. The van der Waals surface area contributed by atoms with Gasteiger partial charge < -0.3 is 15.4 Å². The average Bonchev–Trinajstić information content (AvgIpc) is 2.84. The summed E-state index contributed by atoms with van der Waals surface area (Å²) in [4.78, 5) is 5.04. The van der Waals surface area contributed by atoms with E-state index in [-0.39, 0.29) is 5.54 Å². The van der Waals surface area contributed by atoms with E-state index < -0.39 is 0 Å². The van der Waals surface area contributed by atoms with Crippen molar-refractivity contribution in [1.29, 1.82) is 0 Å². The summed E-state index contributed by atoms with van der Waals surface area (Å²) < 4.78 is 5.95. The zero-order valence-electron chi connectivity index (χ0n) is 13.8. The van der Waals surface area contributed by atoms with Crippen molar-refractivity contribution in [2.75, 3.05) is 40.3 Å². The summed E-state index contributed by atoms with van der Waals surface area (Å²) in [7, 11) is 4.52. The van der Waals surface area contributed by atoms with E-state index in [1.54, 1.807) is 0 Å². The first kappa shape index (κ1) is 16.2. The third kappa shape index (κ3) is 3.35. The number of likely N-dealkylation sites (N-methyl/N-ethyl adjacent to an activating group) is 2. The Bertz CT molecular complexity index is 310. The van der Waals surface area contributed by atoms with E-state index >= 15 is 0 Å². The first-order valence-corrected chi connectivity index (χ1v) is 8.21. The molecule has 2 rings (SSSR count). The number of ether oxygens (including phenoxy) is 1. The number of nitrogens with two attached hydrogens (primary N) is 1. The van der Waals surface area contributed by atoms with Crippen LogP contribution in [0.2, 0.25) is 0 Å². The molecule has 4 heteroatoms. The van der Waals surface area contributed by atoms with E-state index in [9.17, 15) is 0 Å². The highest BCUT2D eigenvalue weighted by Crippen LogP contribution is 2.33. The Morgan fingerprint density at radius 2 is 2.20 bits per heavy atom. The molecule has 0 saturated carbocycles. The quantitative estimate of drug-likeness (QED) is 0.831. The summed E-state index contributed by atoms with van der Waals surface area (Å²) in [5.41, 5.74) is 6.34. The van der Waals surface area contributed by atoms with Gasteiger partial charge in [-0.2, -0.15) is 0 Å². The van der Waals surface area contributed by atoms with Crippen LogP contribution in [-0.2, 0) is 4.74 Å². The van der Waals surface area contributed by atoms with Crippen molar-refractivity contribution in [2.24, 2.45) is 11.7 Å². The van der Waals surface area contributed by atoms with Gasteiger partial charge in [-0.25, -0.2) is 0 Å². The third-order valence-corrected chi connectivity index (χ3v) is 5.57. The Morgan fingerprint density at radius 3 is 2.75 bits per heavy atom. The minimum atomic E-state index is 0.136. The molecule has 0 amide bonds. The summed E-state index contributed by atoms with van der Waals surface area (Å²) in [6.07, 6.45) is 5.16. The molecule has 3 unspecified atom stereocenters. The van der Waals surface area contributed by atoms with Gasteiger partial charge in [-0.3, -0.25) is 4.90 Å². The van der Waals surface area contributed by atoms with E-state index in [1.165, 1.54) is 19.4 Å². The zero-order valence-corrected chi connectivity index (χ0v) is 13.8. The smallest absolute Gasteiger partial charge is 0.0616 e. The molecule has 0 aliphatic carbocycles. The Kier molecular flexibility index (Phi) is 5.46. The van der Waals surface area contributed by atoms with Crippen LogP contribution in [0.4, 0.5) is 0 Å². The van der Waals surface area contributed by atoms with Crippen molar-refractivity contribution in [2.45, 2.75) is 57.2 Å². The van der Waals surface area contributed by atoms with Crippen molar-refractivity contribution in [3.63, 3.8) is 0 Å². The normalized spacial score (nSPS) is 36.1. The molecule has 118 valence electrons. The predicted octanol–water partition coefficient (Wildman–Crippen LogP) is 1.54. The predicted molar refractivity (Wildman–Crippen MR) is 83.9 cm³/mol. The van der Waals surface area contributed by atoms with Gasteiger partial charge in [0.2, 0.25) is 0 Å². The van der Waals surface area contributed by atoms with Gasteiger partial charge in [0.15, 0.2) is 0 Å². The van der Waals surface area contributed by atoms with Crippen molar-refractivity contribution in [3.05, 3.63) is 0 Å². The molecule has 2 heterocycles. The molecule has 4 nitrogen and oxygen atoms in total. The van der Waals surface area contributed by atoms with Gasteiger partial charge in [-0.05, 0) is 52.2 Å². The van der Waals surface area contributed by atoms with E-state index in [0.717, 1.165) is 32.5 Å². The summed E-state index contributed by atoms with van der Waals surface area (Å²) in [5, 5.41) is 0. The first-order valence-electron chi connectivity index (χ1n) is 8.21. The molecule has 2 saturated heterocycles. The van der Waals surface area contributed by atoms with Gasteiger partial charge >= 0.3 is 0 Å². The van der Waals surface area contributed by atoms with Crippen molar-refractivity contribution in [1.82, 2.24) is 9.80 Å². The van der Waals surface area contributed by atoms with Gasteiger partial charge in [0.05, 0.1) is 6.10 Å². The van der Waals surface area contributed by atoms with Gasteiger partial charge in [-0.15, -0.1) is 0 Å². The van der Waals surface area contributed by atoms with Crippen LogP contribution in [0.3, 0.4) is 0 Å². The number of hydrogen-bond donors (Lipinski definition) is 1. The average molecular weight is 283 g/mol. The molecule has 0 spiro atoms. The van der Waals surface area contributed by atoms with Crippen LogP contribution < -0.4 is 5.73 Å². The fourth-order valence-corrected chi connectivity index (χ4v) is 3.77. The molecule has 20 heavy (non-hydrogen) atoms. The molecule has 0 radical (unpaired) electrons. The van der Waals surface area contributed by atoms with Crippen LogP contribution in [-0.4, -0.2) is 67.8 Å². The summed E-state index contributed by atoms with van der Waals surface area (Å²) >= 11 is 0. The number of rotatable bonds is 5. The van der Waals surface area contributed by atoms with Crippen LogP contribution in [0.15, 0.2) is 0 Å². The molecule has 3 atom stereocenters. The number of hydrogen-bond acceptors (Lipinski definition) is 4. The van der Waals surface area contributed by atoms with Crippen LogP contribution in [0.25, 0.3) is 0 Å². The van der Waals surface area contributed by atoms with Crippen LogP contribution in [0.1, 0.15) is 39.5 Å². The fourth-order valence-electron chi connectivity index (χ4n) is 3.77. The molecular formula is C16H33N3O. The standard InChI is InChI=1S/C16H33N3O/c1-13(2)15-10-16(12-17,7-9-20-15)19(4)11-14-6-5-8-18(14)3/h13-15H,5-12,17H2,1-4H3. The molecule has 2 fully saturated rings. The Hall–Kier alpha value is -0.160. The number of nitrogens with zero attached hydrogens (tertiary/aromatic N) is 2. The summed E-state index contributed by atoms with van der Waals surface area (Å²) in [5.74, 6) is 0.573. The molecule has 2 N–H and O–H groups in total. The van der Waals surface area contributed by atoms with Crippen LogP contribution >= 0.6 is 0 Å². The van der Waals surface area contributed by atoms with E-state index in [1.807, 2.05) is 0 Å². The minimum absolute atomic E-state index is 0.136. The summed E-state index contributed by atoms with van der Waals surface area (Å²) in [6, 6.07) is 0.698. The minimum Gasteiger partial charge on any atom is -0.378 e. The lowest BCUT2D eigenvalue weighted by Crippen LogP contribution is -2.59. The molecule has 2 aliphatic heterocycles. The maximum atomic E-state index is 6.20. The van der Waals surface area contributed by atoms with Crippen LogP contribution in [0, 0.1) is 5.92 Å². The van der Waals surface area contributed by atoms with Crippen molar-refractivity contribution >= 4 is 0 Å². The lowest BCUT2D eigenvalue weighted by molar-refractivity contribution is -0.0842. The first-order chi connectivity index (χ1) is 9.48. The molecule has 0 aromatic rings. The molecular weight excluding hydrogens is 250 g/mol. The highest BCUT2D eigenvalue weighted by atomic mass is 16.5. The largest absolute Gasteiger partial charge is 0.378 e. The van der Waals surface area contributed by atoms with Gasteiger partial charge in [0.1, 0.15) is 0 Å². The highest BCUT2D eigenvalue weighted by Gasteiger charge is 2.41. The van der Waals surface area contributed by atoms with Gasteiger partial charge in [0.25, 0.3) is 0 Å². The Labute approximate surface area is 124 Å². The SMILES string of the molecule is CC(C)C1CC(CN)(N(C)CC2CCCN2C)CCO1. The topological polar surface area (TPSA) is 41.7 Å². The lowest BCUT2D eigenvalue weighted by atomic mass is 9.81. The zero-order chi connectivity index (χ0) is 14.8. The maximum Gasteiger partial charge on any atom is 0.0616 e. The molecule has 0 aromatic carbocycles. The number of likely N-dealkylation sites (tertiary alicyclic amines) is 1. The monoisotopic (exact) mass is 283 g/mol. The van der Waals surface area contributed by atoms with Crippen molar-refractivity contribution in [3.8, 4) is 0 Å². The second kappa shape index (κ2) is 6.73. The molecule has 0 bridgehead atoms. The van der Waals surface area contributed by atoms with Gasteiger partial charge in [0, 0.05) is 31.3 Å². The molecule has 2 aliphatic rings. The summed E-state index contributed by atoms with van der Waals surface area (Å²) in [6.45, 7) is 8.48. The van der Waals surface area contributed by atoms with E-state index in [2.05, 4.69) is 37.7 Å². The Balaban J connectivity index is 2.01. The second-order valence-electron chi connectivity index (χ2n) is 7.19. The van der Waals surface area contributed by atoms with Crippen molar-refractivity contribution < 1.29 is 4.74 Å². The molecule has 0 aromatic heterocycles. The van der Waals surface area contributed by atoms with Gasteiger partial charge in [-0.1, -0.05) is 13.8 Å².